The number of rotatable bonds is 10. The van der Waals surface area contributed by atoms with E-state index in [4.69, 9.17) is 9.47 Å². The summed E-state index contributed by atoms with van der Waals surface area (Å²) in [5.74, 6) is 0.644. The maximum atomic E-state index is 13.7. The van der Waals surface area contributed by atoms with Crippen molar-refractivity contribution in [1.82, 2.24) is 45.4 Å². The zero-order valence-electron chi connectivity index (χ0n) is 33.0. The van der Waals surface area contributed by atoms with Gasteiger partial charge in [0.1, 0.15) is 23.7 Å². The highest BCUT2D eigenvalue weighted by atomic mass is 16.5. The molecule has 4 amide bonds. The number of benzene rings is 2. The number of ether oxygens (including phenoxy) is 2. The first-order valence-electron chi connectivity index (χ1n) is 19.4. The summed E-state index contributed by atoms with van der Waals surface area (Å²) in [6.07, 6.45) is 5.21. The van der Waals surface area contributed by atoms with Gasteiger partial charge in [0.2, 0.25) is 11.8 Å². The van der Waals surface area contributed by atoms with Gasteiger partial charge in [-0.25, -0.2) is 19.6 Å². The maximum absolute atomic E-state index is 13.7. The lowest BCUT2D eigenvalue weighted by Crippen LogP contribution is -2.51. The summed E-state index contributed by atoms with van der Waals surface area (Å²) in [4.78, 5) is 88.1. The Morgan fingerprint density at radius 3 is 1.49 bits per heavy atom. The molecule has 16 nitrogen and oxygen atoms in total. The van der Waals surface area contributed by atoms with E-state index in [1.807, 2.05) is 52.0 Å². The lowest BCUT2D eigenvalue weighted by Gasteiger charge is -2.30. The molecular weight excluding hydrogens is 731 g/mol. The van der Waals surface area contributed by atoms with Gasteiger partial charge in [-0.05, 0) is 61.8 Å². The average molecular weight is 780 g/mol. The predicted octanol–water partition coefficient (Wildman–Crippen LogP) is 5.55. The molecule has 2 aliphatic heterocycles. The number of carbonyl (C=O) groups is 4. The minimum Gasteiger partial charge on any atom is -0.453 e. The lowest BCUT2D eigenvalue weighted by atomic mass is 10.0. The van der Waals surface area contributed by atoms with Crippen LogP contribution in [0.1, 0.15) is 77.1 Å². The molecule has 0 radical (unpaired) electrons. The van der Waals surface area contributed by atoms with Crippen LogP contribution in [-0.4, -0.2) is 98.1 Å². The molecule has 4 unspecified atom stereocenters. The predicted molar refractivity (Wildman–Crippen MR) is 213 cm³/mol. The SMILES string of the molecule is COC(=O)NC(C(=O)N1CCCC1c1ncc(-c2ccc3c(=O)c4ccc(-c5cnc(C6CCCN6C(=O)C(NC(=O)OC)C(C)C)[nH]5)cc4[nH]c3c2)[nH]1)C(C)C. The average Bonchev–Trinajstić information content (AvgIpc) is 4.04. The number of aromatic amines is 3. The number of hydrogen-bond acceptors (Lipinski definition) is 9. The van der Waals surface area contributed by atoms with Crippen LogP contribution in [0.3, 0.4) is 0 Å². The number of aromatic nitrogens is 5. The molecular formula is C41H49N9O7. The first-order chi connectivity index (χ1) is 27.4. The van der Waals surface area contributed by atoms with E-state index in [0.29, 0.717) is 46.5 Å². The zero-order valence-corrected chi connectivity index (χ0v) is 33.0. The minimum atomic E-state index is -0.732. The molecule has 5 N–H and O–H groups in total. The van der Waals surface area contributed by atoms with Crippen LogP contribution in [0.15, 0.2) is 53.6 Å². The number of pyridine rings is 1. The quantitative estimate of drug-likeness (QED) is 0.113. The zero-order chi connectivity index (χ0) is 40.5. The largest absolute Gasteiger partial charge is 0.453 e. The fraction of sp³-hybridized carbons (Fsp3) is 0.439. The molecule has 0 spiro atoms. The third-order valence-corrected chi connectivity index (χ3v) is 11.1. The van der Waals surface area contributed by atoms with E-state index in [-0.39, 0.29) is 41.2 Å². The number of nitrogens with one attached hydrogen (secondary N) is 5. The Bertz CT molecular complexity index is 2220. The van der Waals surface area contributed by atoms with Gasteiger partial charge in [-0.15, -0.1) is 0 Å². The van der Waals surface area contributed by atoms with Crippen molar-refractivity contribution in [3.8, 4) is 22.5 Å². The van der Waals surface area contributed by atoms with Gasteiger partial charge < -0.3 is 44.9 Å². The van der Waals surface area contributed by atoms with Crippen molar-refractivity contribution in [1.29, 1.82) is 0 Å². The van der Waals surface area contributed by atoms with Crippen molar-refractivity contribution >= 4 is 45.8 Å². The molecule has 0 saturated carbocycles. The van der Waals surface area contributed by atoms with E-state index in [1.165, 1.54) is 14.2 Å². The Morgan fingerprint density at radius 1 is 0.684 bits per heavy atom. The summed E-state index contributed by atoms with van der Waals surface area (Å²) in [6, 6.07) is 9.14. The first-order valence-corrected chi connectivity index (χ1v) is 19.4. The Kier molecular flexibility index (Phi) is 11.0. The summed E-state index contributed by atoms with van der Waals surface area (Å²) in [5, 5.41) is 6.44. The number of alkyl carbamates (subject to hydrolysis) is 2. The standard InChI is InChI=1S/C41H49N9O7/c1-21(2)33(47-40(54)56-5)38(52)49-15-7-9-31(49)36-42-19-29(45-36)23-11-13-25-27(17-23)44-28-18-24(12-14-26(28)35(25)51)30-20-43-37(46-30)32-10-8-16-50(32)39(53)34(22(3)4)48-41(55)57-6/h11-14,17-22,31-34H,7-10,15-16H2,1-6H3,(H,42,45)(H,43,46)(H,44,51)(H,47,54)(H,48,55). The van der Waals surface area contributed by atoms with Crippen LogP contribution in [-0.2, 0) is 19.1 Å². The fourth-order valence-electron chi connectivity index (χ4n) is 8.01. The smallest absolute Gasteiger partial charge is 0.407 e. The number of hydrogen-bond donors (Lipinski definition) is 5. The van der Waals surface area contributed by atoms with Crippen molar-refractivity contribution < 1.29 is 28.7 Å². The highest BCUT2D eigenvalue weighted by Gasteiger charge is 2.39. The van der Waals surface area contributed by atoms with E-state index in [9.17, 15) is 24.0 Å². The first kappa shape index (κ1) is 39.1. The molecule has 2 aromatic carbocycles. The summed E-state index contributed by atoms with van der Waals surface area (Å²) >= 11 is 0. The molecule has 7 rings (SSSR count). The Hall–Kier alpha value is -6.19. The van der Waals surface area contributed by atoms with Gasteiger partial charge in [0.25, 0.3) is 0 Å². The van der Waals surface area contributed by atoms with Gasteiger partial charge in [-0.3, -0.25) is 14.4 Å². The second-order valence-corrected chi connectivity index (χ2v) is 15.4. The topological polar surface area (TPSA) is 207 Å². The monoisotopic (exact) mass is 779 g/mol. The van der Waals surface area contributed by atoms with Crippen LogP contribution >= 0.6 is 0 Å². The van der Waals surface area contributed by atoms with Crippen LogP contribution in [0, 0.1) is 11.8 Å². The second kappa shape index (κ2) is 16.1. The molecule has 2 saturated heterocycles. The van der Waals surface area contributed by atoms with Crippen molar-refractivity contribution in [3.63, 3.8) is 0 Å². The highest BCUT2D eigenvalue weighted by molar-refractivity contribution is 5.95. The van der Waals surface area contributed by atoms with Gasteiger partial charge in [-0.2, -0.15) is 0 Å². The number of carbonyl (C=O) groups excluding carboxylic acids is 4. The Morgan fingerprint density at radius 2 is 1.11 bits per heavy atom. The molecule has 2 fully saturated rings. The number of methoxy groups -OCH3 is 2. The van der Waals surface area contributed by atoms with E-state index in [2.05, 4.69) is 35.6 Å². The lowest BCUT2D eigenvalue weighted by molar-refractivity contribution is -0.136. The molecule has 4 atom stereocenters. The number of fused-ring (bicyclic) bond motifs is 2. The molecule has 300 valence electrons. The Labute approximate surface area is 329 Å². The number of nitrogens with zero attached hydrogens (tertiary/aromatic N) is 4. The van der Waals surface area contributed by atoms with Crippen LogP contribution in [0.25, 0.3) is 44.3 Å². The van der Waals surface area contributed by atoms with Crippen molar-refractivity contribution in [2.24, 2.45) is 11.8 Å². The van der Waals surface area contributed by atoms with Gasteiger partial charge in [0.15, 0.2) is 5.43 Å². The van der Waals surface area contributed by atoms with Crippen molar-refractivity contribution in [3.05, 3.63) is 70.7 Å². The third-order valence-electron chi connectivity index (χ3n) is 11.1. The van der Waals surface area contributed by atoms with Gasteiger partial charge in [0.05, 0.1) is 61.1 Å². The van der Waals surface area contributed by atoms with Crippen LogP contribution in [0.5, 0.6) is 0 Å². The number of amides is 4. The molecule has 3 aromatic heterocycles. The minimum absolute atomic E-state index is 0.104. The fourth-order valence-corrected chi connectivity index (χ4v) is 8.01. The van der Waals surface area contributed by atoms with E-state index >= 15 is 0 Å². The van der Waals surface area contributed by atoms with Crippen molar-refractivity contribution in [2.45, 2.75) is 77.5 Å². The summed E-state index contributed by atoms with van der Waals surface area (Å²) in [5.41, 5.74) is 4.29. The van der Waals surface area contributed by atoms with Gasteiger partial charge >= 0.3 is 12.2 Å². The number of imidazole rings is 2. The van der Waals surface area contributed by atoms with E-state index in [1.54, 1.807) is 34.3 Å². The van der Waals surface area contributed by atoms with Gasteiger partial charge in [0, 0.05) is 35.0 Å². The third kappa shape index (κ3) is 7.67. The summed E-state index contributed by atoms with van der Waals surface area (Å²) in [6.45, 7) is 8.61. The van der Waals surface area contributed by atoms with Crippen LogP contribution < -0.4 is 16.1 Å². The molecule has 0 aliphatic carbocycles. The number of H-pyrrole nitrogens is 3. The molecule has 5 heterocycles. The second-order valence-electron chi connectivity index (χ2n) is 15.4. The summed E-state index contributed by atoms with van der Waals surface area (Å²) in [7, 11) is 2.54. The molecule has 2 aliphatic rings. The Balaban J connectivity index is 1.13. The normalized spacial score (nSPS) is 18.0. The summed E-state index contributed by atoms with van der Waals surface area (Å²) < 4.78 is 9.51. The van der Waals surface area contributed by atoms with Gasteiger partial charge in [-0.1, -0.05) is 39.8 Å². The molecule has 5 aromatic rings. The molecule has 0 bridgehead atoms. The number of likely N-dealkylation sites (tertiary alicyclic amines) is 2. The highest BCUT2D eigenvalue weighted by Crippen LogP contribution is 2.35. The van der Waals surface area contributed by atoms with Crippen LogP contribution in [0.4, 0.5) is 9.59 Å². The van der Waals surface area contributed by atoms with E-state index < -0.39 is 24.3 Å². The molecule has 57 heavy (non-hydrogen) atoms. The maximum Gasteiger partial charge on any atom is 0.407 e. The van der Waals surface area contributed by atoms with Crippen LogP contribution in [0.2, 0.25) is 0 Å². The molecule has 16 heteroatoms. The van der Waals surface area contributed by atoms with E-state index in [0.717, 1.165) is 48.2 Å². The van der Waals surface area contributed by atoms with Crippen molar-refractivity contribution in [2.75, 3.05) is 27.3 Å².